The van der Waals surface area contributed by atoms with E-state index in [1.165, 1.54) is 0 Å². The summed E-state index contributed by atoms with van der Waals surface area (Å²) in [5.41, 5.74) is 0.805. The van der Waals surface area contributed by atoms with Crippen molar-refractivity contribution in [2.75, 3.05) is 20.2 Å². The zero-order valence-corrected chi connectivity index (χ0v) is 16.6. The van der Waals surface area contributed by atoms with E-state index in [0.717, 1.165) is 5.39 Å². The SMILES string of the molecule is COc1cccc2ccc(C(=O)N3CCC4(CC3)NC(=O)c3ccccc3O4)nc12. The van der Waals surface area contributed by atoms with E-state index in [2.05, 4.69) is 10.3 Å². The minimum Gasteiger partial charge on any atom is -0.494 e. The maximum absolute atomic E-state index is 13.1. The molecule has 0 radical (unpaired) electrons. The van der Waals surface area contributed by atoms with Crippen molar-refractivity contribution in [1.82, 2.24) is 15.2 Å². The third-order valence-corrected chi connectivity index (χ3v) is 5.76. The van der Waals surface area contributed by atoms with Crippen LogP contribution in [0.2, 0.25) is 0 Å². The molecule has 7 heteroatoms. The number of rotatable bonds is 2. The van der Waals surface area contributed by atoms with Crippen molar-refractivity contribution in [2.45, 2.75) is 18.6 Å². The average molecular weight is 403 g/mol. The Balaban J connectivity index is 1.34. The second-order valence-corrected chi connectivity index (χ2v) is 7.57. The zero-order chi connectivity index (χ0) is 20.7. The highest BCUT2D eigenvalue weighted by Crippen LogP contribution is 2.33. The summed E-state index contributed by atoms with van der Waals surface area (Å²) < 4.78 is 11.5. The number of piperidine rings is 1. The van der Waals surface area contributed by atoms with E-state index < -0.39 is 5.72 Å². The number of hydrogen-bond donors (Lipinski definition) is 1. The topological polar surface area (TPSA) is 80.8 Å². The predicted octanol–water partition coefficient (Wildman–Crippen LogP) is 3.00. The monoisotopic (exact) mass is 403 g/mol. The van der Waals surface area contributed by atoms with Crippen LogP contribution in [0, 0.1) is 0 Å². The summed E-state index contributed by atoms with van der Waals surface area (Å²) in [6.45, 7) is 0.930. The summed E-state index contributed by atoms with van der Waals surface area (Å²) in [6, 6.07) is 16.5. The molecular weight excluding hydrogens is 382 g/mol. The van der Waals surface area contributed by atoms with Crippen molar-refractivity contribution in [2.24, 2.45) is 0 Å². The van der Waals surface area contributed by atoms with Gasteiger partial charge in [0, 0.05) is 31.3 Å². The number of aromatic nitrogens is 1. The minimum atomic E-state index is -0.776. The molecule has 30 heavy (non-hydrogen) atoms. The predicted molar refractivity (Wildman–Crippen MR) is 111 cm³/mol. The van der Waals surface area contributed by atoms with Crippen molar-refractivity contribution in [3.8, 4) is 11.5 Å². The lowest BCUT2D eigenvalue weighted by Gasteiger charge is -2.44. The normalized spacial score (nSPS) is 17.2. The second-order valence-electron chi connectivity index (χ2n) is 7.57. The third-order valence-electron chi connectivity index (χ3n) is 5.76. The van der Waals surface area contributed by atoms with Gasteiger partial charge in [-0.05, 0) is 24.3 Å². The van der Waals surface area contributed by atoms with Gasteiger partial charge in [0.05, 0.1) is 12.7 Å². The lowest BCUT2D eigenvalue weighted by Crippen LogP contribution is -2.61. The van der Waals surface area contributed by atoms with Gasteiger partial charge in [-0.25, -0.2) is 4.98 Å². The van der Waals surface area contributed by atoms with Gasteiger partial charge in [0.15, 0.2) is 5.72 Å². The maximum atomic E-state index is 13.1. The summed E-state index contributed by atoms with van der Waals surface area (Å²) in [6.07, 6.45) is 1.02. The largest absolute Gasteiger partial charge is 0.494 e. The Labute approximate surface area is 173 Å². The Bertz CT molecular complexity index is 1150. The van der Waals surface area contributed by atoms with Gasteiger partial charge >= 0.3 is 0 Å². The number of carbonyl (C=O) groups excluding carboxylic acids is 2. The molecule has 3 aromatic rings. The maximum Gasteiger partial charge on any atom is 0.272 e. The number of amides is 2. The number of nitrogens with one attached hydrogen (secondary N) is 1. The lowest BCUT2D eigenvalue weighted by molar-refractivity contribution is -0.0246. The summed E-state index contributed by atoms with van der Waals surface area (Å²) in [7, 11) is 1.59. The molecule has 2 aromatic carbocycles. The second kappa shape index (κ2) is 7.02. The van der Waals surface area contributed by atoms with Gasteiger partial charge in [-0.3, -0.25) is 9.59 Å². The lowest BCUT2D eigenvalue weighted by atomic mass is 9.96. The molecule has 7 nitrogen and oxygen atoms in total. The molecule has 0 aliphatic carbocycles. The van der Waals surface area contributed by atoms with Crippen LogP contribution in [-0.2, 0) is 0 Å². The molecular formula is C23H21N3O4. The minimum absolute atomic E-state index is 0.139. The van der Waals surface area contributed by atoms with E-state index in [9.17, 15) is 9.59 Å². The van der Waals surface area contributed by atoms with Crippen LogP contribution in [0.25, 0.3) is 10.9 Å². The number of hydrogen-bond acceptors (Lipinski definition) is 5. The Hall–Kier alpha value is -3.61. The first-order chi connectivity index (χ1) is 14.6. The first-order valence-electron chi connectivity index (χ1n) is 9.92. The molecule has 2 aliphatic heterocycles. The van der Waals surface area contributed by atoms with Crippen molar-refractivity contribution >= 4 is 22.7 Å². The van der Waals surface area contributed by atoms with E-state index in [-0.39, 0.29) is 11.8 Å². The number of nitrogens with zero attached hydrogens (tertiary/aromatic N) is 2. The number of benzene rings is 2. The first kappa shape index (κ1) is 18.4. The van der Waals surface area contributed by atoms with Crippen LogP contribution >= 0.6 is 0 Å². The summed E-state index contributed by atoms with van der Waals surface area (Å²) >= 11 is 0. The molecule has 1 aromatic heterocycles. The fraction of sp³-hybridized carbons (Fsp3) is 0.261. The highest BCUT2D eigenvalue weighted by Gasteiger charge is 2.43. The summed E-state index contributed by atoms with van der Waals surface area (Å²) in [5, 5.41) is 3.91. The van der Waals surface area contributed by atoms with Crippen LogP contribution in [0.4, 0.5) is 0 Å². The molecule has 2 aliphatic rings. The fourth-order valence-electron chi connectivity index (χ4n) is 4.12. The number of pyridine rings is 1. The molecule has 2 amide bonds. The van der Waals surface area contributed by atoms with Crippen molar-refractivity contribution in [3.63, 3.8) is 0 Å². The molecule has 0 saturated carbocycles. The Morgan fingerprint density at radius 1 is 1.10 bits per heavy atom. The zero-order valence-electron chi connectivity index (χ0n) is 16.6. The van der Waals surface area contributed by atoms with Crippen LogP contribution in [0.5, 0.6) is 11.5 Å². The van der Waals surface area contributed by atoms with Gasteiger partial charge in [-0.15, -0.1) is 0 Å². The van der Waals surface area contributed by atoms with Crippen LogP contribution < -0.4 is 14.8 Å². The van der Waals surface area contributed by atoms with Crippen LogP contribution in [0.15, 0.2) is 54.6 Å². The van der Waals surface area contributed by atoms with Crippen LogP contribution in [0.3, 0.4) is 0 Å². The number of ether oxygens (including phenoxy) is 2. The van der Waals surface area contributed by atoms with E-state index in [1.807, 2.05) is 36.4 Å². The molecule has 0 atom stereocenters. The summed E-state index contributed by atoms with van der Waals surface area (Å²) in [5.74, 6) is 0.946. The van der Waals surface area contributed by atoms with Gasteiger partial charge < -0.3 is 19.7 Å². The molecule has 3 heterocycles. The standard InChI is InChI=1S/C23H21N3O4/c1-29-19-8-4-5-15-9-10-17(24-20(15)19)22(28)26-13-11-23(12-14-26)25-21(27)16-6-2-3-7-18(16)30-23/h2-10H,11-14H2,1H3,(H,25,27). The molecule has 1 fully saturated rings. The van der Waals surface area contributed by atoms with Gasteiger partial charge in [-0.2, -0.15) is 0 Å². The fourth-order valence-corrected chi connectivity index (χ4v) is 4.12. The molecule has 0 bridgehead atoms. The number of para-hydroxylation sites is 2. The Morgan fingerprint density at radius 2 is 1.90 bits per heavy atom. The van der Waals surface area contributed by atoms with E-state index in [1.54, 1.807) is 30.2 Å². The highest BCUT2D eigenvalue weighted by molar-refractivity contribution is 5.98. The van der Waals surface area contributed by atoms with E-state index in [0.29, 0.717) is 54.2 Å². The summed E-state index contributed by atoms with van der Waals surface area (Å²) in [4.78, 5) is 31.9. The number of methoxy groups -OCH3 is 1. The van der Waals surface area contributed by atoms with E-state index >= 15 is 0 Å². The smallest absolute Gasteiger partial charge is 0.272 e. The van der Waals surface area contributed by atoms with Gasteiger partial charge in [0.2, 0.25) is 0 Å². The van der Waals surface area contributed by atoms with Crippen molar-refractivity contribution in [1.29, 1.82) is 0 Å². The van der Waals surface area contributed by atoms with Gasteiger partial charge in [-0.1, -0.05) is 30.3 Å². The number of carbonyl (C=O) groups is 2. The average Bonchev–Trinajstić information content (AvgIpc) is 2.78. The molecule has 1 saturated heterocycles. The third kappa shape index (κ3) is 3.03. The highest BCUT2D eigenvalue weighted by atomic mass is 16.5. The molecule has 0 unspecified atom stereocenters. The molecule has 152 valence electrons. The molecule has 5 rings (SSSR count). The van der Waals surface area contributed by atoms with E-state index in [4.69, 9.17) is 9.47 Å². The number of fused-ring (bicyclic) bond motifs is 2. The Kier molecular flexibility index (Phi) is 4.31. The van der Waals surface area contributed by atoms with Gasteiger partial charge in [0.1, 0.15) is 22.7 Å². The molecule has 1 N–H and O–H groups in total. The van der Waals surface area contributed by atoms with Crippen LogP contribution in [0.1, 0.15) is 33.7 Å². The number of likely N-dealkylation sites (tertiary alicyclic amines) is 1. The Morgan fingerprint density at radius 3 is 2.70 bits per heavy atom. The van der Waals surface area contributed by atoms with Gasteiger partial charge in [0.25, 0.3) is 11.8 Å². The first-order valence-corrected chi connectivity index (χ1v) is 9.92. The van der Waals surface area contributed by atoms with Crippen LogP contribution in [-0.4, -0.2) is 47.6 Å². The quantitative estimate of drug-likeness (QED) is 0.712. The van der Waals surface area contributed by atoms with Crippen molar-refractivity contribution in [3.05, 3.63) is 65.9 Å². The molecule has 1 spiro atoms. The van der Waals surface area contributed by atoms with Crippen molar-refractivity contribution < 1.29 is 19.1 Å².